The first-order valence-corrected chi connectivity index (χ1v) is 15.7. The van der Waals surface area contributed by atoms with E-state index in [0.29, 0.717) is 12.1 Å². The fourth-order valence-electron chi connectivity index (χ4n) is 5.40. The van der Waals surface area contributed by atoms with Gasteiger partial charge in [-0.05, 0) is 49.1 Å². The predicted molar refractivity (Wildman–Crippen MR) is 171 cm³/mol. The molecule has 1 aromatic carbocycles. The number of hydrogen-bond acceptors (Lipinski definition) is 9. The van der Waals surface area contributed by atoms with Gasteiger partial charge in [-0.25, -0.2) is 4.68 Å². The highest BCUT2D eigenvalue weighted by molar-refractivity contribution is 5.97. The van der Waals surface area contributed by atoms with Crippen molar-refractivity contribution in [1.82, 2.24) is 35.9 Å². The highest BCUT2D eigenvalue weighted by atomic mass is 16.4. The second-order valence-electron chi connectivity index (χ2n) is 11.8. The number of nitrogens with zero attached hydrogens (tertiary/aromatic N) is 3. The number of amides is 5. The number of nitrogens with one attached hydrogen (secondary N) is 4. The van der Waals surface area contributed by atoms with E-state index in [0.717, 1.165) is 4.90 Å². The zero-order valence-corrected chi connectivity index (χ0v) is 27.3. The van der Waals surface area contributed by atoms with Gasteiger partial charge in [0.05, 0.1) is 18.2 Å². The third-order valence-electron chi connectivity index (χ3n) is 8.12. The predicted octanol–water partition coefficient (Wildman–Crippen LogP) is -0.370. The van der Waals surface area contributed by atoms with E-state index in [-0.39, 0.29) is 37.2 Å². The molecule has 0 bridgehead atoms. The largest absolute Gasteiger partial charge is 0.481 e. The molecule has 1 fully saturated rings. The average molecular weight is 684 g/mol. The lowest BCUT2D eigenvalue weighted by molar-refractivity contribution is -0.144. The van der Waals surface area contributed by atoms with Gasteiger partial charge in [0, 0.05) is 43.9 Å². The van der Waals surface area contributed by atoms with Gasteiger partial charge in [-0.1, -0.05) is 20.3 Å². The van der Waals surface area contributed by atoms with E-state index in [1.54, 1.807) is 61.3 Å². The summed E-state index contributed by atoms with van der Waals surface area (Å²) in [6.07, 6.45) is 2.30. The van der Waals surface area contributed by atoms with Crippen LogP contribution in [0.15, 0.2) is 42.7 Å². The molecule has 5 amide bonds. The zero-order chi connectivity index (χ0) is 36.2. The van der Waals surface area contributed by atoms with Crippen LogP contribution in [0.1, 0.15) is 63.2 Å². The summed E-state index contributed by atoms with van der Waals surface area (Å²) in [6.45, 7) is 4.50. The van der Waals surface area contributed by atoms with Crippen molar-refractivity contribution in [2.24, 2.45) is 5.92 Å². The van der Waals surface area contributed by atoms with Gasteiger partial charge in [0.2, 0.25) is 23.6 Å². The maximum absolute atomic E-state index is 14.0. The Balaban J connectivity index is 1.88. The minimum Gasteiger partial charge on any atom is -0.481 e. The molecule has 17 nitrogen and oxygen atoms in total. The van der Waals surface area contributed by atoms with Crippen molar-refractivity contribution < 1.29 is 48.6 Å². The summed E-state index contributed by atoms with van der Waals surface area (Å²) in [5, 5.41) is 32.8. The van der Waals surface area contributed by atoms with Gasteiger partial charge in [-0.2, -0.15) is 5.10 Å². The smallest absolute Gasteiger partial charge is 0.305 e. The number of likely N-dealkylation sites (tertiary alicyclic amines) is 1. The molecule has 0 aliphatic carbocycles. The summed E-state index contributed by atoms with van der Waals surface area (Å²) >= 11 is 0. The lowest BCUT2D eigenvalue weighted by atomic mass is 9.97. The van der Waals surface area contributed by atoms with Crippen molar-refractivity contribution in [1.29, 1.82) is 0 Å². The standard InChI is InChI=1S/C32H41N7O10/c1-4-18(2)28(34-19(3)41)31(48)37-24(10-11-26(42)43)32(49)38-16-21(14-25(38)30(47)36-22(17-40)15-27(44)45)35-29(46)20-6-8-23(9-7-20)39-13-5-12-33-39/h5-9,12-13,17-18,21-22,24-25,28H,4,10-11,14-16H2,1-3H3,(H,34,41)(H,35,46)(H,36,47)(H,37,48)(H,42,43)(H,44,45)/t18-,21-,22-,24-,25-,28-/m0/s1. The van der Waals surface area contributed by atoms with Crippen molar-refractivity contribution in [2.75, 3.05) is 6.54 Å². The average Bonchev–Trinajstić information content (AvgIpc) is 3.75. The number of hydrogen-bond donors (Lipinski definition) is 6. The molecule has 0 spiro atoms. The Labute approximate surface area is 281 Å². The van der Waals surface area contributed by atoms with Gasteiger partial charge in [0.15, 0.2) is 0 Å². The van der Waals surface area contributed by atoms with Crippen LogP contribution in [-0.4, -0.2) is 109 Å². The van der Waals surface area contributed by atoms with Crippen LogP contribution in [-0.2, 0) is 33.6 Å². The van der Waals surface area contributed by atoms with Gasteiger partial charge in [0.25, 0.3) is 5.91 Å². The molecule has 1 aliphatic heterocycles. The summed E-state index contributed by atoms with van der Waals surface area (Å²) in [5.74, 6) is -6.45. The van der Waals surface area contributed by atoms with Gasteiger partial charge in [0.1, 0.15) is 24.4 Å². The first-order chi connectivity index (χ1) is 23.2. The number of carbonyl (C=O) groups excluding carboxylic acids is 6. The van der Waals surface area contributed by atoms with Crippen LogP contribution in [0.3, 0.4) is 0 Å². The quantitative estimate of drug-likeness (QED) is 0.117. The van der Waals surface area contributed by atoms with E-state index in [1.165, 1.54) is 6.92 Å². The van der Waals surface area contributed by atoms with E-state index in [4.69, 9.17) is 5.11 Å². The number of aldehydes is 1. The van der Waals surface area contributed by atoms with Crippen LogP contribution < -0.4 is 21.3 Å². The Morgan fingerprint density at radius 2 is 1.71 bits per heavy atom. The van der Waals surface area contributed by atoms with Crippen LogP contribution in [0.2, 0.25) is 0 Å². The molecule has 1 aliphatic rings. The minimum atomic E-state index is -1.45. The van der Waals surface area contributed by atoms with Gasteiger partial charge >= 0.3 is 11.9 Å². The normalized spacial score (nSPS) is 17.9. The molecule has 0 unspecified atom stereocenters. The van der Waals surface area contributed by atoms with Crippen molar-refractivity contribution in [3.05, 3.63) is 48.3 Å². The van der Waals surface area contributed by atoms with Crippen molar-refractivity contribution in [3.63, 3.8) is 0 Å². The van der Waals surface area contributed by atoms with Crippen molar-refractivity contribution in [2.45, 2.75) is 83.1 Å². The number of carboxylic acid groups (broad SMARTS) is 2. The summed E-state index contributed by atoms with van der Waals surface area (Å²) < 4.78 is 1.60. The van der Waals surface area contributed by atoms with E-state index in [2.05, 4.69) is 26.4 Å². The Hall–Kier alpha value is -5.61. The Bertz CT molecular complexity index is 1530. The third-order valence-corrected chi connectivity index (χ3v) is 8.12. The van der Waals surface area contributed by atoms with E-state index >= 15 is 0 Å². The second-order valence-corrected chi connectivity index (χ2v) is 11.8. The Morgan fingerprint density at radius 3 is 2.27 bits per heavy atom. The lowest BCUT2D eigenvalue weighted by Crippen LogP contribution is -2.58. The number of carboxylic acids is 2. The summed E-state index contributed by atoms with van der Waals surface area (Å²) in [6, 6.07) is 2.16. The van der Waals surface area contributed by atoms with Gasteiger partial charge in [-0.15, -0.1) is 0 Å². The molecular weight excluding hydrogens is 642 g/mol. The van der Waals surface area contributed by atoms with Crippen LogP contribution in [0.4, 0.5) is 0 Å². The second kappa shape index (κ2) is 17.5. The molecule has 6 N–H and O–H groups in total. The van der Waals surface area contributed by atoms with E-state index < -0.39 is 84.5 Å². The number of aliphatic carboxylic acids is 2. The van der Waals surface area contributed by atoms with Crippen LogP contribution >= 0.6 is 0 Å². The molecule has 49 heavy (non-hydrogen) atoms. The number of benzene rings is 1. The summed E-state index contributed by atoms with van der Waals surface area (Å²) in [7, 11) is 0. The zero-order valence-electron chi connectivity index (χ0n) is 27.3. The Morgan fingerprint density at radius 1 is 1.02 bits per heavy atom. The highest BCUT2D eigenvalue weighted by Crippen LogP contribution is 2.22. The molecule has 2 aromatic rings. The molecule has 3 rings (SSSR count). The number of aromatic nitrogens is 2. The maximum Gasteiger partial charge on any atom is 0.305 e. The first kappa shape index (κ1) is 37.8. The third kappa shape index (κ3) is 10.7. The van der Waals surface area contributed by atoms with Crippen molar-refractivity contribution in [3.8, 4) is 5.69 Å². The van der Waals surface area contributed by atoms with Crippen LogP contribution in [0.25, 0.3) is 5.69 Å². The SMILES string of the molecule is CC[C@H](C)[C@H](NC(C)=O)C(=O)N[C@@H](CCC(=O)O)C(=O)N1C[C@@H](NC(=O)c2ccc(-n3cccn3)cc2)C[C@H]1C(=O)N[C@H](C=O)CC(=O)O. The highest BCUT2D eigenvalue weighted by Gasteiger charge is 2.43. The monoisotopic (exact) mass is 683 g/mol. The number of rotatable bonds is 17. The molecule has 0 saturated carbocycles. The minimum absolute atomic E-state index is 0.145. The molecular formula is C32H41N7O10. The van der Waals surface area contributed by atoms with E-state index in [1.807, 2.05) is 0 Å². The van der Waals surface area contributed by atoms with Crippen LogP contribution in [0, 0.1) is 5.92 Å². The topological polar surface area (TPSA) is 246 Å². The summed E-state index contributed by atoms with van der Waals surface area (Å²) in [5.41, 5.74) is 0.968. The van der Waals surface area contributed by atoms with E-state index in [9.17, 15) is 43.5 Å². The maximum atomic E-state index is 14.0. The molecule has 1 saturated heterocycles. The van der Waals surface area contributed by atoms with Crippen molar-refractivity contribution >= 4 is 47.8 Å². The fourth-order valence-corrected chi connectivity index (χ4v) is 5.40. The summed E-state index contributed by atoms with van der Waals surface area (Å²) in [4.78, 5) is 101. The molecule has 0 radical (unpaired) electrons. The Kier molecular flexibility index (Phi) is 13.5. The molecule has 264 valence electrons. The molecule has 17 heteroatoms. The molecule has 6 atom stereocenters. The lowest BCUT2D eigenvalue weighted by Gasteiger charge is -2.31. The molecule has 2 heterocycles. The van der Waals surface area contributed by atoms with Gasteiger partial charge < -0.3 is 41.2 Å². The number of carbonyl (C=O) groups is 8. The van der Waals surface area contributed by atoms with Gasteiger partial charge in [-0.3, -0.25) is 33.6 Å². The first-order valence-electron chi connectivity index (χ1n) is 15.7. The fraction of sp³-hybridized carbons (Fsp3) is 0.469. The van der Waals surface area contributed by atoms with Crippen LogP contribution in [0.5, 0.6) is 0 Å². The molecule has 1 aromatic heterocycles.